The first-order valence-electron chi connectivity index (χ1n) is 8.19. The molecule has 112 valence electrons. The van der Waals surface area contributed by atoms with Gasteiger partial charge in [0.1, 0.15) is 0 Å². The second-order valence-electron chi connectivity index (χ2n) is 5.93. The van der Waals surface area contributed by atoms with E-state index < -0.39 is 0 Å². The molecule has 2 rings (SSSR count). The van der Waals surface area contributed by atoms with E-state index in [4.69, 9.17) is 0 Å². The number of hydrogen-bond acceptors (Lipinski definition) is 2. The van der Waals surface area contributed by atoms with Crippen LogP contribution in [0.25, 0.3) is 0 Å². The van der Waals surface area contributed by atoms with Crippen molar-refractivity contribution in [1.29, 1.82) is 0 Å². The van der Waals surface area contributed by atoms with Gasteiger partial charge >= 0.3 is 0 Å². The van der Waals surface area contributed by atoms with E-state index in [1.165, 1.54) is 44.3 Å². The molecule has 0 spiro atoms. The zero-order valence-electron chi connectivity index (χ0n) is 13.0. The fourth-order valence-electron chi connectivity index (χ4n) is 3.26. The SMILES string of the molecule is CCCCCSC1CC(c2ccccc2)CCC1NC. The van der Waals surface area contributed by atoms with Crippen LogP contribution in [0.15, 0.2) is 30.3 Å². The number of nitrogens with one attached hydrogen (secondary N) is 1. The van der Waals surface area contributed by atoms with Crippen molar-refractivity contribution in [3.8, 4) is 0 Å². The molecule has 3 unspecified atom stereocenters. The van der Waals surface area contributed by atoms with E-state index in [0.29, 0.717) is 6.04 Å². The molecule has 0 saturated heterocycles. The van der Waals surface area contributed by atoms with Crippen molar-refractivity contribution < 1.29 is 0 Å². The van der Waals surface area contributed by atoms with E-state index in [1.54, 1.807) is 5.56 Å². The van der Waals surface area contributed by atoms with Crippen LogP contribution in [0, 0.1) is 0 Å². The monoisotopic (exact) mass is 291 g/mol. The summed E-state index contributed by atoms with van der Waals surface area (Å²) in [5.41, 5.74) is 1.54. The van der Waals surface area contributed by atoms with Crippen molar-refractivity contribution in [2.24, 2.45) is 0 Å². The molecule has 3 atom stereocenters. The quantitative estimate of drug-likeness (QED) is 0.722. The summed E-state index contributed by atoms with van der Waals surface area (Å²) in [4.78, 5) is 0. The van der Waals surface area contributed by atoms with Crippen LogP contribution in [0.4, 0.5) is 0 Å². The molecule has 0 aliphatic heterocycles. The number of benzene rings is 1. The minimum atomic E-state index is 0.710. The lowest BCUT2D eigenvalue weighted by Crippen LogP contribution is -2.40. The van der Waals surface area contributed by atoms with E-state index in [2.05, 4.69) is 61.4 Å². The molecule has 1 nitrogen and oxygen atoms in total. The van der Waals surface area contributed by atoms with Crippen LogP contribution in [0.2, 0.25) is 0 Å². The van der Waals surface area contributed by atoms with Crippen LogP contribution in [0.1, 0.15) is 56.9 Å². The summed E-state index contributed by atoms with van der Waals surface area (Å²) in [6, 6.07) is 11.8. The molecule has 2 heteroatoms. The van der Waals surface area contributed by atoms with Crippen LogP contribution >= 0.6 is 11.8 Å². The molecule has 0 radical (unpaired) electrons. The largest absolute Gasteiger partial charge is 0.316 e. The fourth-order valence-corrected chi connectivity index (χ4v) is 4.80. The van der Waals surface area contributed by atoms with Gasteiger partial charge in [0.15, 0.2) is 0 Å². The topological polar surface area (TPSA) is 12.0 Å². The molecule has 1 aromatic rings. The Bertz CT molecular complexity index is 365. The minimum absolute atomic E-state index is 0.710. The van der Waals surface area contributed by atoms with Crippen molar-refractivity contribution >= 4 is 11.8 Å². The van der Waals surface area contributed by atoms with Crippen LogP contribution < -0.4 is 5.32 Å². The Morgan fingerprint density at radius 2 is 1.95 bits per heavy atom. The van der Waals surface area contributed by atoms with Gasteiger partial charge in [0.25, 0.3) is 0 Å². The molecule has 1 N–H and O–H groups in total. The molecular formula is C18H29NS. The molecule has 0 amide bonds. The second kappa shape index (κ2) is 8.74. The number of thioether (sulfide) groups is 1. The Hall–Kier alpha value is -0.470. The molecule has 1 aromatic carbocycles. The van der Waals surface area contributed by atoms with Gasteiger partial charge in [0, 0.05) is 11.3 Å². The van der Waals surface area contributed by atoms with Crippen LogP contribution in [-0.4, -0.2) is 24.1 Å². The van der Waals surface area contributed by atoms with Gasteiger partial charge in [0.05, 0.1) is 0 Å². The van der Waals surface area contributed by atoms with Crippen molar-refractivity contribution in [2.75, 3.05) is 12.8 Å². The smallest absolute Gasteiger partial charge is 0.0206 e. The van der Waals surface area contributed by atoms with Crippen molar-refractivity contribution in [1.82, 2.24) is 5.32 Å². The van der Waals surface area contributed by atoms with Crippen LogP contribution in [-0.2, 0) is 0 Å². The lowest BCUT2D eigenvalue weighted by Gasteiger charge is -2.36. The summed E-state index contributed by atoms with van der Waals surface area (Å²) >= 11 is 2.21. The number of rotatable bonds is 7. The van der Waals surface area contributed by atoms with Gasteiger partial charge in [-0.15, -0.1) is 0 Å². The van der Waals surface area contributed by atoms with Crippen molar-refractivity contribution in [2.45, 2.75) is 62.7 Å². The zero-order chi connectivity index (χ0) is 14.2. The van der Waals surface area contributed by atoms with Gasteiger partial charge in [-0.3, -0.25) is 0 Å². The first-order valence-corrected chi connectivity index (χ1v) is 9.23. The first-order chi connectivity index (χ1) is 9.85. The second-order valence-corrected chi connectivity index (χ2v) is 7.28. The van der Waals surface area contributed by atoms with Crippen molar-refractivity contribution in [3.63, 3.8) is 0 Å². The summed E-state index contributed by atoms with van der Waals surface area (Å²) in [6.45, 7) is 2.28. The van der Waals surface area contributed by atoms with Gasteiger partial charge in [-0.25, -0.2) is 0 Å². The maximum absolute atomic E-state index is 3.55. The summed E-state index contributed by atoms with van der Waals surface area (Å²) < 4.78 is 0. The standard InChI is InChI=1S/C18H29NS/c1-3-4-8-13-20-18-14-16(11-12-17(18)19-2)15-9-6-5-7-10-15/h5-7,9-10,16-19H,3-4,8,11-14H2,1-2H3. The number of unbranched alkanes of at least 4 members (excludes halogenated alkanes) is 2. The Labute approximate surface area is 128 Å². The van der Waals surface area contributed by atoms with E-state index in [9.17, 15) is 0 Å². The van der Waals surface area contributed by atoms with Gasteiger partial charge in [-0.2, -0.15) is 11.8 Å². The lowest BCUT2D eigenvalue weighted by atomic mass is 9.81. The molecule has 1 aliphatic carbocycles. The third-order valence-corrected chi connectivity index (χ3v) is 5.99. The molecule has 20 heavy (non-hydrogen) atoms. The predicted molar refractivity (Wildman–Crippen MR) is 91.7 cm³/mol. The maximum atomic E-state index is 3.55. The Balaban J connectivity index is 1.89. The van der Waals surface area contributed by atoms with Crippen LogP contribution in [0.3, 0.4) is 0 Å². The molecule has 0 bridgehead atoms. The maximum Gasteiger partial charge on any atom is 0.0206 e. The van der Waals surface area contributed by atoms with E-state index >= 15 is 0 Å². The highest BCUT2D eigenvalue weighted by Gasteiger charge is 2.30. The minimum Gasteiger partial charge on any atom is -0.316 e. The summed E-state index contributed by atoms with van der Waals surface area (Å²) in [5, 5.41) is 4.33. The van der Waals surface area contributed by atoms with E-state index in [-0.39, 0.29) is 0 Å². The summed E-state index contributed by atoms with van der Waals surface area (Å²) in [6.07, 6.45) is 8.08. The molecule has 1 fully saturated rings. The lowest BCUT2D eigenvalue weighted by molar-refractivity contribution is 0.369. The third kappa shape index (κ3) is 4.53. The van der Waals surface area contributed by atoms with Gasteiger partial charge in [-0.05, 0) is 50.0 Å². The first kappa shape index (κ1) is 15.9. The third-order valence-electron chi connectivity index (χ3n) is 4.51. The highest BCUT2D eigenvalue weighted by Crippen LogP contribution is 2.38. The molecule has 0 heterocycles. The Morgan fingerprint density at radius 3 is 2.65 bits per heavy atom. The molecule has 0 aromatic heterocycles. The summed E-state index contributed by atoms with van der Waals surface area (Å²) in [7, 11) is 2.13. The Morgan fingerprint density at radius 1 is 1.15 bits per heavy atom. The molecular weight excluding hydrogens is 262 g/mol. The molecule has 1 aliphatic rings. The van der Waals surface area contributed by atoms with Crippen LogP contribution in [0.5, 0.6) is 0 Å². The van der Waals surface area contributed by atoms with Gasteiger partial charge in [0.2, 0.25) is 0 Å². The average Bonchev–Trinajstić information content (AvgIpc) is 2.52. The highest BCUT2D eigenvalue weighted by atomic mass is 32.2. The van der Waals surface area contributed by atoms with Crippen molar-refractivity contribution in [3.05, 3.63) is 35.9 Å². The molecule has 1 saturated carbocycles. The normalized spacial score (nSPS) is 26.6. The predicted octanol–water partition coefficient (Wildman–Crippen LogP) is 4.83. The van der Waals surface area contributed by atoms with E-state index in [0.717, 1.165) is 11.2 Å². The van der Waals surface area contributed by atoms with E-state index in [1.807, 2.05) is 0 Å². The van der Waals surface area contributed by atoms with Gasteiger partial charge < -0.3 is 5.32 Å². The Kier molecular flexibility index (Phi) is 6.95. The summed E-state index contributed by atoms with van der Waals surface area (Å²) in [5.74, 6) is 2.10. The highest BCUT2D eigenvalue weighted by molar-refractivity contribution is 7.99. The number of hydrogen-bond donors (Lipinski definition) is 1. The average molecular weight is 292 g/mol. The fraction of sp³-hybridized carbons (Fsp3) is 0.667. The van der Waals surface area contributed by atoms with Gasteiger partial charge in [-0.1, -0.05) is 50.1 Å². The zero-order valence-corrected chi connectivity index (χ0v) is 13.8.